The zero-order valence-corrected chi connectivity index (χ0v) is 29.1. The Balaban J connectivity index is 0.000000715. The third-order valence-electron chi connectivity index (χ3n) is 5.09. The van der Waals surface area contributed by atoms with Crippen molar-refractivity contribution >= 4 is 99.2 Å². The number of benzene rings is 2. The number of halogens is 11. The molecule has 0 atom stereocenters. The highest BCUT2D eigenvalue weighted by atomic mass is 36.0. The zero-order valence-electron chi connectivity index (χ0n) is 22.9. The number of hydrazine groups is 1. The van der Waals surface area contributed by atoms with Crippen LogP contribution in [0.4, 0.5) is 26.3 Å². The number of hydrogen-bond donors (Lipinski definition) is 2. The Hall–Kier alpha value is -2.74. The van der Waals surface area contributed by atoms with Crippen molar-refractivity contribution in [1.29, 1.82) is 0 Å². The van der Waals surface area contributed by atoms with E-state index in [2.05, 4.69) is 31.6 Å². The molecule has 0 bridgehead atoms. The van der Waals surface area contributed by atoms with E-state index in [0.717, 1.165) is 36.4 Å². The van der Waals surface area contributed by atoms with E-state index < -0.39 is 37.9 Å². The lowest BCUT2D eigenvalue weighted by atomic mass is 10.1. The average molecular weight is 867 g/mol. The third kappa shape index (κ3) is 15.2. The minimum Gasteiger partial charge on any atom is -0.415 e. The van der Waals surface area contributed by atoms with E-state index in [0.29, 0.717) is 25.4 Å². The third-order valence-corrected chi connectivity index (χ3v) is 7.98. The molecule has 0 saturated heterocycles. The maximum Gasteiger partial charge on any atom is 0.416 e. The molecule has 0 aliphatic rings. The second-order valence-electron chi connectivity index (χ2n) is 8.19. The summed E-state index contributed by atoms with van der Waals surface area (Å²) in [7, 11) is 7.36. The minimum absolute atomic E-state index is 0. The molecule has 1 amide bonds. The van der Waals surface area contributed by atoms with E-state index in [1.807, 2.05) is 5.43 Å². The number of carbonyl (C=O) groups excluding carboxylic acids is 2. The second-order valence-corrected chi connectivity index (χ2v) is 13.7. The molecule has 0 unspecified atom stereocenters. The lowest BCUT2D eigenvalue weighted by Gasteiger charge is -2.05. The molecule has 0 radical (unpaired) electrons. The molecule has 0 saturated carbocycles. The van der Waals surface area contributed by atoms with Gasteiger partial charge < -0.3 is 4.42 Å². The predicted octanol–water partition coefficient (Wildman–Crippen LogP) is 11.5. The number of alkyl halides is 6. The molecule has 0 fully saturated rings. The van der Waals surface area contributed by atoms with Gasteiger partial charge in [0.2, 0.25) is 15.1 Å². The Morgan fingerprint density at radius 3 is 1.58 bits per heavy atom. The van der Waals surface area contributed by atoms with Gasteiger partial charge in [-0.2, -0.15) is 26.3 Å². The van der Waals surface area contributed by atoms with Crippen LogP contribution in [0, 0.1) is 0 Å². The van der Waals surface area contributed by atoms with E-state index >= 15 is 0 Å². The summed E-state index contributed by atoms with van der Waals surface area (Å²) in [5.41, 5.74) is 0.931. The van der Waals surface area contributed by atoms with E-state index in [9.17, 15) is 35.9 Å². The smallest absolute Gasteiger partial charge is 0.415 e. The SMILES string of the molecule is C.C.FC(F)(F)c1ccc(-c2nnc(-c3sccc3Cl)o2)cc1.NNC(=O)c1sccc1Cl.O=C(Cl)c1ccc(C(F)(F)F)cc1.O=S(Cl)Cl. The molecule has 3 heterocycles. The summed E-state index contributed by atoms with van der Waals surface area (Å²) in [6.45, 7) is 0. The Bertz CT molecular complexity index is 1810. The van der Waals surface area contributed by atoms with Gasteiger partial charge in [-0.05, 0) is 83.0 Å². The van der Waals surface area contributed by atoms with Crippen LogP contribution in [-0.2, 0) is 21.6 Å². The number of nitrogens with two attached hydrogens (primary N) is 1. The highest BCUT2D eigenvalue weighted by Gasteiger charge is 2.31. The Morgan fingerprint density at radius 1 is 0.760 bits per heavy atom. The first-order valence-corrected chi connectivity index (χ1v) is 17.6. The molecule has 8 nitrogen and oxygen atoms in total. The van der Waals surface area contributed by atoms with E-state index in [-0.39, 0.29) is 38.1 Å². The topological polar surface area (TPSA) is 128 Å². The Labute approximate surface area is 315 Å². The highest BCUT2D eigenvalue weighted by molar-refractivity contribution is 8.26. The molecule has 2 aromatic carbocycles. The lowest BCUT2D eigenvalue weighted by Crippen LogP contribution is -2.29. The number of aromatic nitrogens is 2. The standard InChI is InChI=1S/C13H6ClF3N2OS.C8H4ClF3O.C5H5ClN2OS.2CH4.Cl2OS/c14-9-5-6-21-10(9)12-19-18-11(20-12)7-1-3-8(4-2-7)13(15,16)17;9-7(13)5-1-3-6(4-2-5)8(10,11)12;6-3-1-2-10-4(3)5(9)8-7;;;1-4(2)3/h1-6H;1-4H;1-2H,7H2,(H,8,9);2*1H4;. The van der Waals surface area contributed by atoms with Crippen LogP contribution < -0.4 is 11.3 Å². The average Bonchev–Trinajstić information content (AvgIpc) is 3.77. The fraction of sp³-hybridized carbons (Fsp3) is 0.143. The zero-order chi connectivity index (χ0) is 36.2. The normalized spacial score (nSPS) is 10.5. The molecule has 0 aliphatic heterocycles. The van der Waals surface area contributed by atoms with Gasteiger partial charge in [0.05, 0.1) is 21.2 Å². The van der Waals surface area contributed by atoms with E-state index in [4.69, 9.17) is 49.3 Å². The van der Waals surface area contributed by atoms with Crippen molar-refractivity contribution in [3.05, 3.63) is 103 Å². The molecule has 274 valence electrons. The molecule has 22 heteroatoms. The van der Waals surface area contributed by atoms with Crippen molar-refractivity contribution in [3.63, 3.8) is 0 Å². The van der Waals surface area contributed by atoms with E-state index in [1.165, 1.54) is 34.8 Å². The molecule has 3 aromatic heterocycles. The van der Waals surface area contributed by atoms with Crippen molar-refractivity contribution in [1.82, 2.24) is 15.6 Å². The monoisotopic (exact) mass is 864 g/mol. The minimum atomic E-state index is -4.38. The van der Waals surface area contributed by atoms with Gasteiger partial charge in [-0.3, -0.25) is 15.0 Å². The van der Waals surface area contributed by atoms with Crippen LogP contribution in [-0.4, -0.2) is 25.6 Å². The molecule has 50 heavy (non-hydrogen) atoms. The van der Waals surface area contributed by atoms with Gasteiger partial charge in [-0.1, -0.05) is 38.1 Å². The van der Waals surface area contributed by atoms with Gasteiger partial charge in [-0.25, -0.2) is 10.1 Å². The van der Waals surface area contributed by atoms with Gasteiger partial charge in [0.1, 0.15) is 9.75 Å². The van der Waals surface area contributed by atoms with Crippen molar-refractivity contribution in [3.8, 4) is 22.2 Å². The summed E-state index contributed by atoms with van der Waals surface area (Å²) >= 11 is 19.2. The van der Waals surface area contributed by atoms with Crippen molar-refractivity contribution in [2.45, 2.75) is 27.2 Å². The van der Waals surface area contributed by atoms with Crippen molar-refractivity contribution in [2.75, 3.05) is 0 Å². The van der Waals surface area contributed by atoms with Gasteiger partial charge in [0.25, 0.3) is 17.0 Å². The summed E-state index contributed by atoms with van der Waals surface area (Å²) in [5.74, 6) is 4.92. The van der Waals surface area contributed by atoms with Crippen LogP contribution in [0.15, 0.2) is 75.8 Å². The first kappa shape index (κ1) is 47.3. The summed E-state index contributed by atoms with van der Waals surface area (Å²) in [4.78, 5) is 22.4. The summed E-state index contributed by atoms with van der Waals surface area (Å²) in [5, 5.41) is 11.3. The molecular weight excluding hydrogens is 844 g/mol. The number of amides is 1. The molecular formula is C28H23Cl5F6N4O4S3. The Kier molecular flexibility index (Phi) is 20.4. The number of rotatable bonds is 4. The number of nitrogens with one attached hydrogen (secondary N) is 1. The number of carbonyl (C=O) groups is 2. The van der Waals surface area contributed by atoms with Gasteiger partial charge in [0, 0.05) is 32.5 Å². The number of thiophene rings is 2. The van der Waals surface area contributed by atoms with Crippen molar-refractivity contribution in [2.24, 2.45) is 5.84 Å². The molecule has 0 aliphatic carbocycles. The van der Waals surface area contributed by atoms with Crippen molar-refractivity contribution < 1.29 is 44.6 Å². The van der Waals surface area contributed by atoms with Crippen LogP contribution >= 0.6 is 78.8 Å². The largest absolute Gasteiger partial charge is 0.416 e. The number of hydrogen-bond acceptors (Lipinski definition) is 9. The molecule has 5 aromatic rings. The number of nitrogen functional groups attached to an aromatic ring is 1. The lowest BCUT2D eigenvalue weighted by molar-refractivity contribution is -0.138. The van der Waals surface area contributed by atoms with Gasteiger partial charge in [0.15, 0.2) is 0 Å². The first-order chi connectivity index (χ1) is 22.3. The maximum atomic E-state index is 12.5. The Morgan fingerprint density at radius 2 is 1.20 bits per heavy atom. The summed E-state index contributed by atoms with van der Waals surface area (Å²) in [6.07, 6.45) is -8.75. The maximum absolute atomic E-state index is 12.5. The fourth-order valence-electron chi connectivity index (χ4n) is 2.99. The van der Waals surface area contributed by atoms with Crippen LogP contribution in [0.3, 0.4) is 0 Å². The highest BCUT2D eigenvalue weighted by Crippen LogP contribution is 2.35. The molecule has 5 rings (SSSR count). The van der Waals surface area contributed by atoms with Crippen LogP contribution in [0.5, 0.6) is 0 Å². The van der Waals surface area contributed by atoms with Gasteiger partial charge >= 0.3 is 12.4 Å². The van der Waals surface area contributed by atoms with Crippen LogP contribution in [0.2, 0.25) is 10.0 Å². The predicted molar refractivity (Wildman–Crippen MR) is 189 cm³/mol. The quantitative estimate of drug-likeness (QED) is 0.0605. The molecule has 0 spiro atoms. The first-order valence-electron chi connectivity index (χ1n) is 11.9. The van der Waals surface area contributed by atoms with E-state index in [1.54, 1.807) is 22.9 Å². The van der Waals surface area contributed by atoms with Crippen LogP contribution in [0.25, 0.3) is 22.2 Å². The summed E-state index contributed by atoms with van der Waals surface area (Å²) in [6, 6.07) is 11.6. The van der Waals surface area contributed by atoms with Gasteiger partial charge in [-0.15, -0.1) is 32.9 Å². The summed E-state index contributed by atoms with van der Waals surface area (Å²) < 4.78 is 88.0. The van der Waals surface area contributed by atoms with Crippen LogP contribution in [0.1, 0.15) is 46.0 Å². The number of nitrogens with zero attached hydrogens (tertiary/aromatic N) is 2. The second kappa shape index (κ2) is 21.6. The molecule has 3 N–H and O–H groups in total. The fourth-order valence-corrected chi connectivity index (χ4v) is 5.22.